The first-order valence-corrected chi connectivity index (χ1v) is 9.29. The maximum Gasteiger partial charge on any atom is 0.255 e. The smallest absolute Gasteiger partial charge is 0.255 e. The van der Waals surface area contributed by atoms with Crippen LogP contribution in [0.4, 0.5) is 5.69 Å². The van der Waals surface area contributed by atoms with E-state index < -0.39 is 0 Å². The number of carbonyl (C=O) groups is 1. The number of benzene rings is 3. The molecule has 0 atom stereocenters. The van der Waals surface area contributed by atoms with E-state index in [0.29, 0.717) is 29.4 Å². The van der Waals surface area contributed by atoms with Gasteiger partial charge in [-0.2, -0.15) is 0 Å². The summed E-state index contributed by atoms with van der Waals surface area (Å²) in [5.41, 5.74) is 1.97. The predicted molar refractivity (Wildman–Crippen MR) is 113 cm³/mol. The Balaban J connectivity index is 1.83. The van der Waals surface area contributed by atoms with Crippen LogP contribution in [0.15, 0.2) is 66.7 Å². The van der Waals surface area contributed by atoms with Crippen LogP contribution in [0.25, 0.3) is 0 Å². The summed E-state index contributed by atoms with van der Waals surface area (Å²) in [6.07, 6.45) is 0. The van der Waals surface area contributed by atoms with E-state index in [0.717, 1.165) is 9.13 Å². The summed E-state index contributed by atoms with van der Waals surface area (Å²) in [7, 11) is 1.57. The van der Waals surface area contributed by atoms with Crippen molar-refractivity contribution in [3.05, 3.63) is 81.4 Å². The molecule has 138 valence electrons. The number of amides is 1. The molecular weight excluding hydrogens is 457 g/mol. The van der Waals surface area contributed by atoms with E-state index in [9.17, 15) is 9.90 Å². The van der Waals surface area contributed by atoms with Gasteiger partial charge in [-0.05, 0) is 52.4 Å². The Morgan fingerprint density at radius 1 is 1.07 bits per heavy atom. The molecule has 3 rings (SSSR count). The second-order valence-electron chi connectivity index (χ2n) is 5.77. The molecule has 5 nitrogen and oxygen atoms in total. The quantitative estimate of drug-likeness (QED) is 0.501. The second-order valence-corrected chi connectivity index (χ2v) is 6.93. The Bertz CT molecular complexity index is 944. The highest BCUT2D eigenvalue weighted by Crippen LogP contribution is 2.34. The predicted octanol–water partition coefficient (Wildman–Crippen LogP) is 4.84. The Hall–Kier alpha value is -2.74. The van der Waals surface area contributed by atoms with Crippen LogP contribution in [0, 0.1) is 3.57 Å². The van der Waals surface area contributed by atoms with E-state index in [4.69, 9.17) is 9.47 Å². The molecule has 0 saturated heterocycles. The normalized spacial score (nSPS) is 10.3. The highest BCUT2D eigenvalue weighted by atomic mass is 127. The van der Waals surface area contributed by atoms with Crippen molar-refractivity contribution in [2.24, 2.45) is 0 Å². The summed E-state index contributed by atoms with van der Waals surface area (Å²) in [6, 6.07) is 19.6. The number of anilines is 1. The van der Waals surface area contributed by atoms with Crippen molar-refractivity contribution in [1.29, 1.82) is 0 Å². The molecule has 0 spiro atoms. The van der Waals surface area contributed by atoms with E-state index in [1.54, 1.807) is 37.4 Å². The minimum absolute atomic E-state index is 0.0870. The number of methoxy groups -OCH3 is 1. The third-order valence-corrected chi connectivity index (χ3v) is 4.62. The van der Waals surface area contributed by atoms with Gasteiger partial charge in [0.1, 0.15) is 12.4 Å². The number of phenols is 1. The molecule has 0 radical (unpaired) electrons. The number of aromatic hydroxyl groups is 1. The average Bonchev–Trinajstić information content (AvgIpc) is 2.66. The zero-order chi connectivity index (χ0) is 19.2. The van der Waals surface area contributed by atoms with Gasteiger partial charge < -0.3 is 19.9 Å². The van der Waals surface area contributed by atoms with Gasteiger partial charge in [-0.25, -0.2) is 0 Å². The van der Waals surface area contributed by atoms with E-state index in [2.05, 4.69) is 27.9 Å². The van der Waals surface area contributed by atoms with E-state index >= 15 is 0 Å². The fourth-order valence-electron chi connectivity index (χ4n) is 2.53. The van der Waals surface area contributed by atoms with Crippen LogP contribution in [0.3, 0.4) is 0 Å². The first kappa shape index (κ1) is 19.0. The molecular formula is C21H18INO4. The first-order chi connectivity index (χ1) is 13.1. The van der Waals surface area contributed by atoms with E-state index in [-0.39, 0.29) is 11.7 Å². The number of carbonyl (C=O) groups excluding carboxylic acids is 1. The largest absolute Gasteiger partial charge is 0.508 e. The highest BCUT2D eigenvalue weighted by Gasteiger charge is 2.16. The molecule has 0 aliphatic rings. The minimum Gasteiger partial charge on any atom is -0.508 e. The van der Waals surface area contributed by atoms with Crippen molar-refractivity contribution in [3.63, 3.8) is 0 Å². The van der Waals surface area contributed by atoms with Gasteiger partial charge in [0, 0.05) is 17.3 Å². The number of ether oxygens (including phenoxy) is 2. The lowest BCUT2D eigenvalue weighted by Gasteiger charge is -2.14. The van der Waals surface area contributed by atoms with Crippen LogP contribution in [0.1, 0.15) is 15.9 Å². The molecule has 0 saturated carbocycles. The summed E-state index contributed by atoms with van der Waals surface area (Å²) < 4.78 is 12.1. The summed E-state index contributed by atoms with van der Waals surface area (Å²) >= 11 is 2.11. The lowest BCUT2D eigenvalue weighted by Crippen LogP contribution is -2.13. The Labute approximate surface area is 171 Å². The number of halogens is 1. The summed E-state index contributed by atoms with van der Waals surface area (Å²) in [6.45, 7) is 0.366. The number of phenolic OH excluding ortho intramolecular Hbond substituents is 1. The standard InChI is InChI=1S/C21H18INO4/c1-26-20-18(22)10-15(21(25)23-16-8-5-9-17(24)12-16)11-19(20)27-13-14-6-3-2-4-7-14/h2-12,24H,13H2,1H3,(H,23,25). The van der Waals surface area contributed by atoms with Crippen LogP contribution < -0.4 is 14.8 Å². The molecule has 3 aromatic rings. The fraction of sp³-hybridized carbons (Fsp3) is 0.0952. The van der Waals surface area contributed by atoms with Crippen LogP contribution in [-0.2, 0) is 6.61 Å². The topological polar surface area (TPSA) is 67.8 Å². The zero-order valence-corrected chi connectivity index (χ0v) is 16.8. The Morgan fingerprint density at radius 2 is 1.85 bits per heavy atom. The van der Waals surface area contributed by atoms with E-state index in [1.165, 1.54) is 6.07 Å². The first-order valence-electron chi connectivity index (χ1n) is 8.21. The summed E-state index contributed by atoms with van der Waals surface area (Å²) in [5.74, 6) is 0.865. The third kappa shape index (κ3) is 4.91. The molecule has 27 heavy (non-hydrogen) atoms. The lowest BCUT2D eigenvalue weighted by molar-refractivity contribution is 0.102. The van der Waals surface area contributed by atoms with Gasteiger partial charge in [0.05, 0.1) is 10.7 Å². The van der Waals surface area contributed by atoms with Gasteiger partial charge in [0.2, 0.25) is 0 Å². The Kier molecular flexibility index (Phi) is 6.18. The molecule has 0 aliphatic carbocycles. The van der Waals surface area contributed by atoms with Crippen LogP contribution in [0.2, 0.25) is 0 Å². The molecule has 0 bridgehead atoms. The molecule has 3 aromatic carbocycles. The van der Waals surface area contributed by atoms with Gasteiger partial charge in [-0.15, -0.1) is 0 Å². The van der Waals surface area contributed by atoms with Crippen LogP contribution in [0.5, 0.6) is 17.2 Å². The maximum absolute atomic E-state index is 12.6. The highest BCUT2D eigenvalue weighted by molar-refractivity contribution is 14.1. The molecule has 0 fully saturated rings. The second kappa shape index (κ2) is 8.77. The minimum atomic E-state index is -0.300. The van der Waals surface area contributed by atoms with E-state index in [1.807, 2.05) is 30.3 Å². The number of hydrogen-bond acceptors (Lipinski definition) is 4. The third-order valence-electron chi connectivity index (χ3n) is 3.82. The van der Waals surface area contributed by atoms with Crippen molar-refractivity contribution in [2.75, 3.05) is 12.4 Å². The van der Waals surface area contributed by atoms with Gasteiger partial charge in [0.15, 0.2) is 11.5 Å². The molecule has 1 amide bonds. The van der Waals surface area contributed by atoms with Gasteiger partial charge >= 0.3 is 0 Å². The average molecular weight is 475 g/mol. The number of hydrogen-bond donors (Lipinski definition) is 2. The van der Waals surface area contributed by atoms with Gasteiger partial charge in [0.25, 0.3) is 5.91 Å². The molecule has 0 heterocycles. The van der Waals surface area contributed by atoms with Crippen molar-refractivity contribution in [2.45, 2.75) is 6.61 Å². The summed E-state index contributed by atoms with van der Waals surface area (Å²) in [5, 5.41) is 12.3. The van der Waals surface area contributed by atoms with Gasteiger partial charge in [-0.1, -0.05) is 36.4 Å². The van der Waals surface area contributed by atoms with Crippen LogP contribution in [-0.4, -0.2) is 18.1 Å². The van der Waals surface area contributed by atoms with Crippen LogP contribution >= 0.6 is 22.6 Å². The Morgan fingerprint density at radius 3 is 2.56 bits per heavy atom. The molecule has 2 N–H and O–H groups in total. The SMILES string of the molecule is COc1c(I)cc(C(=O)Nc2cccc(O)c2)cc1OCc1ccccc1. The van der Waals surface area contributed by atoms with Crippen molar-refractivity contribution in [1.82, 2.24) is 0 Å². The molecule has 0 aromatic heterocycles. The lowest BCUT2D eigenvalue weighted by atomic mass is 10.1. The maximum atomic E-state index is 12.6. The number of nitrogens with one attached hydrogen (secondary N) is 1. The molecule has 6 heteroatoms. The molecule has 0 unspecified atom stereocenters. The molecule has 0 aliphatic heterocycles. The zero-order valence-electron chi connectivity index (χ0n) is 14.6. The number of rotatable bonds is 6. The van der Waals surface area contributed by atoms with Crippen molar-refractivity contribution in [3.8, 4) is 17.2 Å². The van der Waals surface area contributed by atoms with Crippen molar-refractivity contribution < 1.29 is 19.4 Å². The monoisotopic (exact) mass is 475 g/mol. The fourth-order valence-corrected chi connectivity index (χ4v) is 3.35. The van der Waals surface area contributed by atoms with Gasteiger partial charge in [-0.3, -0.25) is 4.79 Å². The van der Waals surface area contributed by atoms with Crippen molar-refractivity contribution >= 4 is 34.2 Å². The summed E-state index contributed by atoms with van der Waals surface area (Å²) in [4.78, 5) is 12.6.